The molecule has 0 saturated carbocycles. The zero-order chi connectivity index (χ0) is 7.26. The molecule has 0 aliphatic carbocycles. The van der Waals surface area contributed by atoms with Crippen LogP contribution in [0.1, 0.15) is 6.42 Å². The van der Waals surface area contributed by atoms with Crippen molar-refractivity contribution in [3.8, 4) is 0 Å². The number of morpholine rings is 1. The lowest BCUT2D eigenvalue weighted by molar-refractivity contribution is 0.0281. The van der Waals surface area contributed by atoms with E-state index in [-0.39, 0.29) is 0 Å². The van der Waals surface area contributed by atoms with Gasteiger partial charge in [0, 0.05) is 19.1 Å². The maximum atomic E-state index is 5.50. The molecule has 3 nitrogen and oxygen atoms in total. The van der Waals surface area contributed by atoms with Gasteiger partial charge in [-0.15, -0.1) is 0 Å². The van der Waals surface area contributed by atoms with Gasteiger partial charge in [-0.25, -0.2) is 0 Å². The zero-order valence-electron chi connectivity index (χ0n) is 6.53. The number of hydrogen-bond donors (Lipinski definition) is 0. The van der Waals surface area contributed by atoms with Crippen LogP contribution in [0.15, 0.2) is 0 Å². The third kappa shape index (κ3) is 1.08. The minimum atomic E-state index is 0.541. The van der Waals surface area contributed by atoms with Gasteiger partial charge in [0.1, 0.15) is 0 Å². The summed E-state index contributed by atoms with van der Waals surface area (Å²) in [6.07, 6.45) is 2.35. The average Bonchev–Trinajstić information content (AvgIpc) is 2.61. The number of fused-ring (bicyclic) bond motifs is 2. The molecular formula is C8H13NO2. The Morgan fingerprint density at radius 3 is 2.73 bits per heavy atom. The van der Waals surface area contributed by atoms with Crippen molar-refractivity contribution in [3.05, 3.63) is 0 Å². The fraction of sp³-hybridized carbons (Fsp3) is 1.00. The van der Waals surface area contributed by atoms with Crippen molar-refractivity contribution in [2.24, 2.45) is 0 Å². The summed E-state index contributed by atoms with van der Waals surface area (Å²) in [4.78, 5) is 2.52. The van der Waals surface area contributed by atoms with Gasteiger partial charge in [-0.1, -0.05) is 0 Å². The summed E-state index contributed by atoms with van der Waals surface area (Å²) in [5.41, 5.74) is 0. The number of nitrogens with zero attached hydrogens (tertiary/aromatic N) is 1. The fourth-order valence-electron chi connectivity index (χ4n) is 2.14. The topological polar surface area (TPSA) is 25.0 Å². The molecule has 3 heteroatoms. The minimum absolute atomic E-state index is 0.541. The van der Waals surface area contributed by atoms with Crippen molar-refractivity contribution in [2.75, 3.05) is 26.3 Å². The third-order valence-electron chi connectivity index (χ3n) is 2.85. The molecule has 3 fully saturated rings. The molecule has 0 N–H and O–H groups in total. The summed E-state index contributed by atoms with van der Waals surface area (Å²) in [5.74, 6) is 0. The average molecular weight is 155 g/mol. The molecule has 3 heterocycles. The Hall–Kier alpha value is -0.120. The largest absolute Gasteiger partial charge is 0.375 e. The lowest BCUT2D eigenvalue weighted by atomic mass is 10.2. The van der Waals surface area contributed by atoms with Gasteiger partial charge in [-0.2, -0.15) is 0 Å². The summed E-state index contributed by atoms with van der Waals surface area (Å²) in [7, 11) is 0. The van der Waals surface area contributed by atoms with Crippen LogP contribution in [-0.4, -0.2) is 49.5 Å². The summed E-state index contributed by atoms with van der Waals surface area (Å²) < 4.78 is 10.7. The molecule has 3 saturated heterocycles. The Morgan fingerprint density at radius 2 is 2.18 bits per heavy atom. The first kappa shape index (κ1) is 6.40. The lowest BCUT2D eigenvalue weighted by Crippen LogP contribution is -2.39. The predicted molar refractivity (Wildman–Crippen MR) is 39.5 cm³/mol. The number of likely N-dealkylation sites (tertiary alicyclic amines) is 1. The number of hydrogen-bond acceptors (Lipinski definition) is 3. The van der Waals surface area contributed by atoms with Crippen LogP contribution in [0.5, 0.6) is 0 Å². The summed E-state index contributed by atoms with van der Waals surface area (Å²) in [5, 5.41) is 0. The van der Waals surface area contributed by atoms with Crippen LogP contribution >= 0.6 is 0 Å². The van der Waals surface area contributed by atoms with Crippen molar-refractivity contribution < 1.29 is 9.47 Å². The van der Waals surface area contributed by atoms with E-state index < -0.39 is 0 Å². The molecule has 0 spiro atoms. The van der Waals surface area contributed by atoms with E-state index in [1.54, 1.807) is 0 Å². The maximum absolute atomic E-state index is 5.50. The van der Waals surface area contributed by atoms with E-state index in [0.717, 1.165) is 26.3 Å². The van der Waals surface area contributed by atoms with E-state index in [9.17, 15) is 0 Å². The Labute approximate surface area is 66.3 Å². The fourth-order valence-corrected chi connectivity index (χ4v) is 2.14. The van der Waals surface area contributed by atoms with E-state index in [1.807, 2.05) is 0 Å². The van der Waals surface area contributed by atoms with E-state index >= 15 is 0 Å². The van der Waals surface area contributed by atoms with Crippen LogP contribution in [0.3, 0.4) is 0 Å². The van der Waals surface area contributed by atoms with Gasteiger partial charge < -0.3 is 9.47 Å². The number of ether oxygens (including phenoxy) is 2. The van der Waals surface area contributed by atoms with Crippen molar-refractivity contribution >= 4 is 0 Å². The smallest absolute Gasteiger partial charge is 0.0936 e. The van der Waals surface area contributed by atoms with Gasteiger partial charge in [0.05, 0.1) is 25.4 Å². The molecule has 3 rings (SSSR count). The van der Waals surface area contributed by atoms with Crippen LogP contribution in [-0.2, 0) is 9.47 Å². The molecule has 0 radical (unpaired) electrons. The third-order valence-corrected chi connectivity index (χ3v) is 2.85. The highest BCUT2D eigenvalue weighted by molar-refractivity contribution is 4.93. The van der Waals surface area contributed by atoms with Crippen LogP contribution < -0.4 is 0 Å². The summed E-state index contributed by atoms with van der Waals surface area (Å²) >= 11 is 0. The predicted octanol–water partition coefficient (Wildman–Crippen LogP) is -0.142. The highest BCUT2D eigenvalue weighted by Crippen LogP contribution is 2.29. The Kier molecular flexibility index (Phi) is 1.27. The molecule has 0 amide bonds. The molecule has 3 aliphatic rings. The van der Waals surface area contributed by atoms with Gasteiger partial charge >= 0.3 is 0 Å². The van der Waals surface area contributed by atoms with E-state index in [0.29, 0.717) is 18.2 Å². The molecule has 11 heavy (non-hydrogen) atoms. The van der Waals surface area contributed by atoms with Crippen molar-refractivity contribution in [2.45, 2.75) is 24.7 Å². The van der Waals surface area contributed by atoms with Gasteiger partial charge in [-0.05, 0) is 6.42 Å². The van der Waals surface area contributed by atoms with E-state index in [4.69, 9.17) is 9.47 Å². The molecule has 0 aromatic rings. The standard InChI is InChI=1S/C8H13NO2/c1-6-4-10-7(1)2-9(6)3-8-5-11-8/h6-8H,1-5H2/t6-,7-,8+/m0/s1. The molecule has 0 unspecified atom stereocenters. The van der Waals surface area contributed by atoms with Crippen LogP contribution in [0.25, 0.3) is 0 Å². The SMILES string of the molecule is C1O[C@@H]1CN1C[C@@H]2C[C@H]1CO2. The minimum Gasteiger partial charge on any atom is -0.375 e. The van der Waals surface area contributed by atoms with Crippen LogP contribution in [0.2, 0.25) is 0 Å². The Bertz CT molecular complexity index is 169. The highest BCUT2D eigenvalue weighted by atomic mass is 16.6. The van der Waals surface area contributed by atoms with Crippen molar-refractivity contribution in [1.82, 2.24) is 4.90 Å². The molecule has 62 valence electrons. The number of epoxide rings is 1. The molecule has 2 bridgehead atoms. The highest BCUT2D eigenvalue weighted by Gasteiger charge is 2.41. The van der Waals surface area contributed by atoms with Crippen LogP contribution in [0.4, 0.5) is 0 Å². The van der Waals surface area contributed by atoms with Gasteiger partial charge in [-0.3, -0.25) is 4.90 Å². The van der Waals surface area contributed by atoms with E-state index in [2.05, 4.69) is 4.90 Å². The monoisotopic (exact) mass is 155 g/mol. The van der Waals surface area contributed by atoms with Gasteiger partial charge in [0.15, 0.2) is 0 Å². The van der Waals surface area contributed by atoms with Gasteiger partial charge in [0.2, 0.25) is 0 Å². The Morgan fingerprint density at radius 1 is 1.27 bits per heavy atom. The number of rotatable bonds is 2. The molecule has 0 aromatic carbocycles. The normalized spacial score (nSPS) is 48.5. The second-order valence-corrected chi connectivity index (χ2v) is 3.75. The molecule has 3 aliphatic heterocycles. The molecular weight excluding hydrogens is 142 g/mol. The first-order chi connectivity index (χ1) is 5.42. The lowest BCUT2D eigenvalue weighted by Gasteiger charge is -2.25. The first-order valence-electron chi connectivity index (χ1n) is 4.39. The van der Waals surface area contributed by atoms with Crippen molar-refractivity contribution in [1.29, 1.82) is 0 Å². The molecule has 3 atom stereocenters. The molecule has 0 aromatic heterocycles. The first-order valence-corrected chi connectivity index (χ1v) is 4.39. The quantitative estimate of drug-likeness (QED) is 0.519. The van der Waals surface area contributed by atoms with Crippen LogP contribution in [0, 0.1) is 0 Å². The second-order valence-electron chi connectivity index (χ2n) is 3.75. The van der Waals surface area contributed by atoms with E-state index in [1.165, 1.54) is 6.42 Å². The van der Waals surface area contributed by atoms with Crippen molar-refractivity contribution in [3.63, 3.8) is 0 Å². The zero-order valence-corrected chi connectivity index (χ0v) is 6.53. The maximum Gasteiger partial charge on any atom is 0.0936 e. The second kappa shape index (κ2) is 2.19. The summed E-state index contributed by atoms with van der Waals surface area (Å²) in [6, 6.07) is 0.712. The Balaban J connectivity index is 1.62. The van der Waals surface area contributed by atoms with Gasteiger partial charge in [0.25, 0.3) is 0 Å². The summed E-state index contributed by atoms with van der Waals surface area (Å²) in [6.45, 7) is 4.22.